The van der Waals surface area contributed by atoms with E-state index in [2.05, 4.69) is 5.43 Å². The number of rotatable bonds is 2. The maximum atomic E-state index is 6.10. The molecule has 0 fully saturated rings. The summed E-state index contributed by atoms with van der Waals surface area (Å²) in [5.74, 6) is 5.41. The topological polar surface area (TPSA) is 90.1 Å². The van der Waals surface area contributed by atoms with Gasteiger partial charge in [0, 0.05) is 16.9 Å². The van der Waals surface area contributed by atoms with Crippen LogP contribution in [0.3, 0.4) is 0 Å². The molecule has 0 aliphatic heterocycles. The Labute approximate surface area is 100 Å². The predicted octanol–water partition coefficient (Wildman–Crippen LogP) is 2.11. The van der Waals surface area contributed by atoms with Crippen molar-refractivity contribution in [3.63, 3.8) is 0 Å². The third-order valence-electron chi connectivity index (χ3n) is 2.89. The van der Waals surface area contributed by atoms with E-state index < -0.39 is 0 Å². The van der Waals surface area contributed by atoms with E-state index in [1.54, 1.807) is 0 Å². The minimum atomic E-state index is 0.727. The zero-order valence-corrected chi connectivity index (χ0v) is 9.70. The van der Waals surface area contributed by atoms with Gasteiger partial charge in [0.1, 0.15) is 0 Å². The second-order valence-corrected chi connectivity index (χ2v) is 3.97. The van der Waals surface area contributed by atoms with E-state index in [9.17, 15) is 0 Å². The predicted molar refractivity (Wildman–Crippen MR) is 73.2 cm³/mol. The molecular weight excluding hydrogens is 212 g/mol. The van der Waals surface area contributed by atoms with E-state index >= 15 is 0 Å². The fourth-order valence-electron chi connectivity index (χ4n) is 1.80. The van der Waals surface area contributed by atoms with Gasteiger partial charge in [0.05, 0.1) is 5.69 Å². The number of anilines is 3. The van der Waals surface area contributed by atoms with E-state index in [4.69, 9.17) is 17.3 Å². The molecular formula is C13H16N4. The van der Waals surface area contributed by atoms with Gasteiger partial charge in [0.2, 0.25) is 0 Å². The Bertz CT molecular complexity index is 532. The molecule has 0 spiro atoms. The van der Waals surface area contributed by atoms with E-state index in [0.29, 0.717) is 0 Å². The molecule has 0 unspecified atom stereocenters. The number of hydrogen-bond acceptors (Lipinski definition) is 4. The summed E-state index contributed by atoms with van der Waals surface area (Å²) in [6.45, 7) is 1.94. The van der Waals surface area contributed by atoms with Gasteiger partial charge in [-0.1, -0.05) is 18.2 Å². The maximum absolute atomic E-state index is 6.10. The van der Waals surface area contributed by atoms with Crippen LogP contribution in [0.1, 0.15) is 5.56 Å². The first-order valence-electron chi connectivity index (χ1n) is 5.35. The largest absolute Gasteiger partial charge is 0.399 e. The molecule has 2 rings (SSSR count). The molecule has 0 heterocycles. The molecule has 7 N–H and O–H groups in total. The molecule has 0 aliphatic rings. The monoisotopic (exact) mass is 228 g/mol. The Morgan fingerprint density at radius 2 is 1.59 bits per heavy atom. The van der Waals surface area contributed by atoms with Crippen LogP contribution in [0.2, 0.25) is 0 Å². The van der Waals surface area contributed by atoms with Crippen LogP contribution in [0.15, 0.2) is 36.4 Å². The van der Waals surface area contributed by atoms with Crippen LogP contribution in [-0.4, -0.2) is 0 Å². The third kappa shape index (κ3) is 2.03. The molecule has 0 atom stereocenters. The van der Waals surface area contributed by atoms with Crippen molar-refractivity contribution in [1.82, 2.24) is 0 Å². The summed E-state index contributed by atoms with van der Waals surface area (Å²) in [5.41, 5.74) is 19.7. The van der Waals surface area contributed by atoms with Crippen molar-refractivity contribution in [3.8, 4) is 11.1 Å². The Morgan fingerprint density at radius 1 is 0.941 bits per heavy atom. The molecule has 0 amide bonds. The molecule has 0 aliphatic carbocycles. The van der Waals surface area contributed by atoms with E-state index in [0.717, 1.165) is 33.8 Å². The molecule has 0 saturated heterocycles. The van der Waals surface area contributed by atoms with Crippen molar-refractivity contribution in [2.24, 2.45) is 5.84 Å². The summed E-state index contributed by atoms with van der Waals surface area (Å²) in [6.07, 6.45) is 0. The molecule has 2 aromatic rings. The summed E-state index contributed by atoms with van der Waals surface area (Å²) in [5, 5.41) is 0. The molecule has 4 nitrogen and oxygen atoms in total. The van der Waals surface area contributed by atoms with Gasteiger partial charge in [-0.15, -0.1) is 0 Å². The molecule has 0 bridgehead atoms. The zero-order chi connectivity index (χ0) is 12.4. The number of hydrogen-bond donors (Lipinski definition) is 4. The van der Waals surface area contributed by atoms with Gasteiger partial charge in [-0.05, 0) is 36.2 Å². The summed E-state index contributed by atoms with van der Waals surface area (Å²) < 4.78 is 0. The number of hydrazine groups is 1. The first kappa shape index (κ1) is 11.3. The highest BCUT2D eigenvalue weighted by molar-refractivity contribution is 5.82. The lowest BCUT2D eigenvalue weighted by molar-refractivity contribution is 1.31. The Balaban J connectivity index is 2.53. The third-order valence-corrected chi connectivity index (χ3v) is 2.89. The zero-order valence-electron chi connectivity index (χ0n) is 9.70. The lowest BCUT2D eigenvalue weighted by Crippen LogP contribution is -2.09. The van der Waals surface area contributed by atoms with Crippen molar-refractivity contribution in [3.05, 3.63) is 42.0 Å². The Hall–Kier alpha value is -2.20. The highest BCUT2D eigenvalue weighted by Gasteiger charge is 2.07. The SMILES string of the molecule is Cc1c(NN)ccc(-c2ccc(N)cc2)c1N. The van der Waals surface area contributed by atoms with Crippen molar-refractivity contribution >= 4 is 17.1 Å². The smallest absolute Gasteiger partial charge is 0.0535 e. The molecule has 17 heavy (non-hydrogen) atoms. The minimum absolute atomic E-state index is 0.727. The van der Waals surface area contributed by atoms with Gasteiger partial charge in [-0.3, -0.25) is 5.84 Å². The van der Waals surface area contributed by atoms with E-state index in [-0.39, 0.29) is 0 Å². The molecule has 0 radical (unpaired) electrons. The Kier molecular flexibility index (Phi) is 2.89. The van der Waals surface area contributed by atoms with E-state index in [1.165, 1.54) is 0 Å². The van der Waals surface area contributed by atoms with Crippen molar-refractivity contribution in [1.29, 1.82) is 0 Å². The maximum Gasteiger partial charge on any atom is 0.0535 e. The van der Waals surface area contributed by atoms with Crippen molar-refractivity contribution in [2.45, 2.75) is 6.92 Å². The average molecular weight is 228 g/mol. The van der Waals surface area contributed by atoms with Gasteiger partial charge < -0.3 is 16.9 Å². The fraction of sp³-hybridized carbons (Fsp3) is 0.0769. The molecule has 2 aromatic carbocycles. The minimum Gasteiger partial charge on any atom is -0.399 e. The first-order valence-corrected chi connectivity index (χ1v) is 5.35. The van der Waals surface area contributed by atoms with Crippen molar-refractivity contribution in [2.75, 3.05) is 16.9 Å². The number of nitrogens with one attached hydrogen (secondary N) is 1. The average Bonchev–Trinajstić information content (AvgIpc) is 2.34. The van der Waals surface area contributed by atoms with Crippen LogP contribution < -0.4 is 22.7 Å². The molecule has 0 aromatic heterocycles. The number of benzene rings is 2. The van der Waals surface area contributed by atoms with Crippen molar-refractivity contribution < 1.29 is 0 Å². The fourth-order valence-corrected chi connectivity index (χ4v) is 1.80. The van der Waals surface area contributed by atoms with Gasteiger partial charge in [0.25, 0.3) is 0 Å². The lowest BCUT2D eigenvalue weighted by atomic mass is 9.99. The van der Waals surface area contributed by atoms with Crippen LogP contribution in [-0.2, 0) is 0 Å². The van der Waals surface area contributed by atoms with Crippen LogP contribution in [0.25, 0.3) is 11.1 Å². The quantitative estimate of drug-likeness (QED) is 0.360. The van der Waals surface area contributed by atoms with Gasteiger partial charge >= 0.3 is 0 Å². The van der Waals surface area contributed by atoms with Crippen LogP contribution >= 0.6 is 0 Å². The second-order valence-electron chi connectivity index (χ2n) is 3.97. The summed E-state index contributed by atoms with van der Waals surface area (Å²) >= 11 is 0. The Morgan fingerprint density at radius 3 is 2.18 bits per heavy atom. The standard InChI is InChI=1S/C13H16N4/c1-8-12(17-16)7-6-11(13(8)15)9-2-4-10(14)5-3-9/h2-7,17H,14-16H2,1H3. The molecule has 4 heteroatoms. The van der Waals surface area contributed by atoms with Gasteiger partial charge in [-0.2, -0.15) is 0 Å². The van der Waals surface area contributed by atoms with Crippen LogP contribution in [0, 0.1) is 6.92 Å². The lowest BCUT2D eigenvalue weighted by Gasteiger charge is -2.13. The molecule has 88 valence electrons. The highest BCUT2D eigenvalue weighted by atomic mass is 15.2. The summed E-state index contributed by atoms with van der Waals surface area (Å²) in [6, 6.07) is 11.5. The summed E-state index contributed by atoms with van der Waals surface area (Å²) in [7, 11) is 0. The second kappa shape index (κ2) is 4.35. The van der Waals surface area contributed by atoms with Crippen LogP contribution in [0.4, 0.5) is 17.1 Å². The number of nitrogen functional groups attached to an aromatic ring is 3. The first-order chi connectivity index (χ1) is 8.13. The van der Waals surface area contributed by atoms with Gasteiger partial charge in [0.15, 0.2) is 0 Å². The highest BCUT2D eigenvalue weighted by Crippen LogP contribution is 2.32. The van der Waals surface area contributed by atoms with Crippen LogP contribution in [0.5, 0.6) is 0 Å². The molecule has 0 saturated carbocycles. The van der Waals surface area contributed by atoms with E-state index in [1.807, 2.05) is 43.3 Å². The normalized spacial score (nSPS) is 10.2. The van der Waals surface area contributed by atoms with Gasteiger partial charge in [-0.25, -0.2) is 0 Å². The summed E-state index contributed by atoms with van der Waals surface area (Å²) in [4.78, 5) is 0. The number of nitrogens with two attached hydrogens (primary N) is 3.